The minimum absolute atomic E-state index is 0.0185. The molecule has 7 nitrogen and oxygen atoms in total. The van der Waals surface area contributed by atoms with Gasteiger partial charge in [0, 0.05) is 22.7 Å². The largest absolute Gasteiger partial charge is 0.497 e. The van der Waals surface area contributed by atoms with E-state index in [0.29, 0.717) is 18.9 Å². The standard InChI is InChI=1S/C21H23BrN2O5S/c1-28-17-6-8-18(9-7-17)29-11-10-23-12-21(25)24(16-4-2-15(22)3-5-16)20-14-30(26,27)13-19(20)23/h2-9,19-20H,10-14H2,1H3/t19-,20-/m0/s1. The number of carbonyl (C=O) groups is 1. The number of sulfone groups is 1. The molecule has 0 radical (unpaired) electrons. The van der Waals surface area contributed by atoms with E-state index in [9.17, 15) is 13.2 Å². The number of fused-ring (bicyclic) bond motifs is 1. The number of methoxy groups -OCH3 is 1. The van der Waals surface area contributed by atoms with Gasteiger partial charge < -0.3 is 14.4 Å². The number of rotatable bonds is 6. The summed E-state index contributed by atoms with van der Waals surface area (Å²) in [7, 11) is -1.61. The van der Waals surface area contributed by atoms with Crippen molar-refractivity contribution in [2.24, 2.45) is 0 Å². The molecule has 9 heteroatoms. The minimum atomic E-state index is -3.22. The zero-order valence-electron chi connectivity index (χ0n) is 16.5. The maximum atomic E-state index is 13.0. The molecule has 0 bridgehead atoms. The number of piperazine rings is 1. The summed E-state index contributed by atoms with van der Waals surface area (Å²) < 4.78 is 36.7. The van der Waals surface area contributed by atoms with Crippen LogP contribution in [0.5, 0.6) is 11.5 Å². The number of anilines is 1. The molecule has 2 aliphatic rings. The van der Waals surface area contributed by atoms with Gasteiger partial charge in [-0.05, 0) is 48.5 Å². The Hall–Kier alpha value is -2.10. The summed E-state index contributed by atoms with van der Waals surface area (Å²) in [6, 6.07) is 14.0. The van der Waals surface area contributed by atoms with E-state index in [0.717, 1.165) is 15.9 Å². The fourth-order valence-corrected chi connectivity index (χ4v) is 6.34. The lowest BCUT2D eigenvalue weighted by Gasteiger charge is -2.43. The third-order valence-corrected chi connectivity index (χ3v) is 7.74. The van der Waals surface area contributed by atoms with E-state index in [1.807, 2.05) is 53.4 Å². The van der Waals surface area contributed by atoms with Crippen LogP contribution in [0.25, 0.3) is 0 Å². The molecule has 0 N–H and O–H groups in total. The van der Waals surface area contributed by atoms with Gasteiger partial charge in [0.05, 0.1) is 31.2 Å². The summed E-state index contributed by atoms with van der Waals surface area (Å²) in [4.78, 5) is 16.6. The van der Waals surface area contributed by atoms with Crippen LogP contribution in [-0.2, 0) is 14.6 Å². The van der Waals surface area contributed by atoms with E-state index < -0.39 is 15.9 Å². The highest BCUT2D eigenvalue weighted by atomic mass is 79.9. The van der Waals surface area contributed by atoms with Crippen LogP contribution in [0.15, 0.2) is 53.0 Å². The van der Waals surface area contributed by atoms with Crippen molar-refractivity contribution in [1.29, 1.82) is 0 Å². The topological polar surface area (TPSA) is 76.2 Å². The van der Waals surface area contributed by atoms with E-state index in [2.05, 4.69) is 15.9 Å². The van der Waals surface area contributed by atoms with Gasteiger partial charge in [-0.3, -0.25) is 9.69 Å². The lowest BCUT2D eigenvalue weighted by Crippen LogP contribution is -2.62. The second kappa shape index (κ2) is 8.56. The SMILES string of the molecule is COc1ccc(OCCN2CC(=O)N(c3ccc(Br)cc3)[C@H]3CS(=O)(=O)C[C@@H]32)cc1. The molecule has 0 spiro atoms. The zero-order chi connectivity index (χ0) is 21.3. The molecule has 4 rings (SSSR count). The van der Waals surface area contributed by atoms with E-state index in [-0.39, 0.29) is 30.0 Å². The van der Waals surface area contributed by atoms with Crippen LogP contribution in [0.1, 0.15) is 0 Å². The zero-order valence-corrected chi connectivity index (χ0v) is 18.9. The fraction of sp³-hybridized carbons (Fsp3) is 0.381. The summed E-state index contributed by atoms with van der Waals surface area (Å²) in [6.07, 6.45) is 0. The molecule has 2 atom stereocenters. The number of amides is 1. The van der Waals surface area contributed by atoms with Gasteiger partial charge in [0.1, 0.15) is 18.1 Å². The third-order valence-electron chi connectivity index (χ3n) is 5.51. The Morgan fingerprint density at radius 3 is 2.30 bits per heavy atom. The lowest BCUT2D eigenvalue weighted by atomic mass is 10.0. The van der Waals surface area contributed by atoms with Gasteiger partial charge in [0.15, 0.2) is 9.84 Å². The Labute approximate surface area is 184 Å². The van der Waals surface area contributed by atoms with Gasteiger partial charge >= 0.3 is 0 Å². The van der Waals surface area contributed by atoms with Crippen LogP contribution in [0.4, 0.5) is 5.69 Å². The van der Waals surface area contributed by atoms with Gasteiger partial charge in [-0.25, -0.2) is 8.42 Å². The molecule has 2 aliphatic heterocycles. The Morgan fingerprint density at radius 1 is 1.00 bits per heavy atom. The second-order valence-electron chi connectivity index (χ2n) is 7.45. The third kappa shape index (κ3) is 4.48. The molecule has 2 heterocycles. The average Bonchev–Trinajstić information content (AvgIpc) is 3.04. The Kier molecular flexibility index (Phi) is 6.04. The number of hydrogen-bond donors (Lipinski definition) is 0. The summed E-state index contributed by atoms with van der Waals surface area (Å²) in [5, 5.41) is 0. The highest BCUT2D eigenvalue weighted by molar-refractivity contribution is 9.10. The average molecular weight is 495 g/mol. The molecule has 2 aromatic carbocycles. The van der Waals surface area contributed by atoms with Crippen LogP contribution in [0, 0.1) is 0 Å². The van der Waals surface area contributed by atoms with Crippen LogP contribution >= 0.6 is 15.9 Å². The Morgan fingerprint density at radius 2 is 1.63 bits per heavy atom. The number of carbonyl (C=O) groups excluding carboxylic acids is 1. The van der Waals surface area contributed by atoms with Gasteiger partial charge in [-0.1, -0.05) is 15.9 Å². The molecule has 0 saturated carbocycles. The van der Waals surface area contributed by atoms with Crippen molar-refractivity contribution < 1.29 is 22.7 Å². The summed E-state index contributed by atoms with van der Waals surface area (Å²) in [5.74, 6) is 1.39. The maximum absolute atomic E-state index is 13.0. The summed E-state index contributed by atoms with van der Waals surface area (Å²) in [5.41, 5.74) is 0.726. The second-order valence-corrected chi connectivity index (χ2v) is 10.5. The summed E-state index contributed by atoms with van der Waals surface area (Å²) in [6.45, 7) is 1.00. The molecular formula is C21H23BrN2O5S. The summed E-state index contributed by atoms with van der Waals surface area (Å²) >= 11 is 3.40. The first-order valence-electron chi connectivity index (χ1n) is 9.65. The van der Waals surface area contributed by atoms with Crippen molar-refractivity contribution in [2.45, 2.75) is 12.1 Å². The Bertz CT molecular complexity index is 1010. The fourth-order valence-electron chi connectivity index (χ4n) is 4.09. The quantitative estimate of drug-likeness (QED) is 0.613. The first-order chi connectivity index (χ1) is 14.4. The van der Waals surface area contributed by atoms with E-state index in [1.165, 1.54) is 0 Å². The van der Waals surface area contributed by atoms with Crippen LogP contribution < -0.4 is 14.4 Å². The van der Waals surface area contributed by atoms with E-state index in [1.54, 1.807) is 12.0 Å². The highest BCUT2D eigenvalue weighted by Gasteiger charge is 2.49. The van der Waals surface area contributed by atoms with Crippen LogP contribution in [0.3, 0.4) is 0 Å². The van der Waals surface area contributed by atoms with E-state index >= 15 is 0 Å². The predicted octanol–water partition coefficient (Wildman–Crippen LogP) is 2.35. The molecule has 1 amide bonds. The lowest BCUT2D eigenvalue weighted by molar-refractivity contribution is -0.123. The van der Waals surface area contributed by atoms with Gasteiger partial charge in [0.25, 0.3) is 0 Å². The molecular weight excluding hydrogens is 472 g/mol. The smallest absolute Gasteiger partial charge is 0.241 e. The molecule has 2 saturated heterocycles. The van der Waals surface area contributed by atoms with Crippen molar-refractivity contribution in [3.63, 3.8) is 0 Å². The van der Waals surface area contributed by atoms with Crippen molar-refractivity contribution in [1.82, 2.24) is 4.90 Å². The number of nitrogens with zero attached hydrogens (tertiary/aromatic N) is 2. The minimum Gasteiger partial charge on any atom is -0.497 e. The maximum Gasteiger partial charge on any atom is 0.241 e. The number of halogens is 1. The Balaban J connectivity index is 1.47. The monoisotopic (exact) mass is 494 g/mol. The van der Waals surface area contributed by atoms with Crippen molar-refractivity contribution in [3.8, 4) is 11.5 Å². The van der Waals surface area contributed by atoms with Gasteiger partial charge in [-0.2, -0.15) is 0 Å². The number of ether oxygens (including phenoxy) is 2. The van der Waals surface area contributed by atoms with Crippen molar-refractivity contribution >= 4 is 37.4 Å². The molecule has 2 fully saturated rings. The van der Waals surface area contributed by atoms with Crippen LogP contribution in [-0.4, -0.2) is 69.6 Å². The first kappa shape index (κ1) is 21.1. The van der Waals surface area contributed by atoms with Crippen molar-refractivity contribution in [2.75, 3.05) is 43.2 Å². The van der Waals surface area contributed by atoms with Crippen molar-refractivity contribution in [3.05, 3.63) is 53.0 Å². The molecule has 0 aliphatic carbocycles. The first-order valence-corrected chi connectivity index (χ1v) is 12.3. The normalized spacial score (nSPS) is 23.3. The highest BCUT2D eigenvalue weighted by Crippen LogP contribution is 2.32. The number of benzene rings is 2. The van der Waals surface area contributed by atoms with Gasteiger partial charge in [0.2, 0.25) is 5.91 Å². The van der Waals surface area contributed by atoms with Crippen LogP contribution in [0.2, 0.25) is 0 Å². The predicted molar refractivity (Wildman–Crippen MR) is 118 cm³/mol. The molecule has 0 aromatic heterocycles. The van der Waals surface area contributed by atoms with E-state index in [4.69, 9.17) is 9.47 Å². The molecule has 160 valence electrons. The molecule has 30 heavy (non-hydrogen) atoms. The van der Waals surface area contributed by atoms with Gasteiger partial charge in [-0.15, -0.1) is 0 Å². The molecule has 2 aromatic rings. The molecule has 0 unspecified atom stereocenters. The number of hydrogen-bond acceptors (Lipinski definition) is 6.